The first kappa shape index (κ1) is 14.1. The van der Waals surface area contributed by atoms with Gasteiger partial charge in [-0.3, -0.25) is 4.79 Å². The van der Waals surface area contributed by atoms with Gasteiger partial charge in [0.05, 0.1) is 6.54 Å². The third kappa shape index (κ3) is 7.01. The van der Waals surface area contributed by atoms with E-state index < -0.39 is 0 Å². The smallest absolute Gasteiger partial charge is 0.221 e. The molecule has 3 nitrogen and oxygen atoms in total. The Morgan fingerprint density at radius 1 is 1.35 bits per heavy atom. The van der Waals surface area contributed by atoms with Crippen LogP contribution in [0.1, 0.15) is 40.0 Å². The Balaban J connectivity index is 2.18. The molecule has 0 unspecified atom stereocenters. The fourth-order valence-electron chi connectivity index (χ4n) is 1.74. The van der Waals surface area contributed by atoms with Crippen LogP contribution >= 0.6 is 0 Å². The molecule has 1 heterocycles. The van der Waals surface area contributed by atoms with Crippen molar-refractivity contribution in [3.63, 3.8) is 0 Å². The molecule has 0 radical (unpaired) electrons. The van der Waals surface area contributed by atoms with E-state index in [1.54, 1.807) is 0 Å². The van der Waals surface area contributed by atoms with E-state index in [0.29, 0.717) is 18.9 Å². The number of carbonyl (C=O) groups is 1. The van der Waals surface area contributed by atoms with Gasteiger partial charge >= 0.3 is 0 Å². The summed E-state index contributed by atoms with van der Waals surface area (Å²) in [7, 11) is 0. The van der Waals surface area contributed by atoms with Gasteiger partial charge in [0.25, 0.3) is 0 Å². The van der Waals surface area contributed by atoms with Crippen molar-refractivity contribution >= 4 is 5.91 Å². The largest absolute Gasteiger partial charge is 0.381 e. The fraction of sp³-hybridized carbons (Fsp3) is 0.786. The maximum atomic E-state index is 11.6. The summed E-state index contributed by atoms with van der Waals surface area (Å²) in [6.07, 6.45) is 2.61. The zero-order valence-electron chi connectivity index (χ0n) is 11.1. The monoisotopic (exact) mass is 237 g/mol. The molecule has 1 fully saturated rings. The summed E-state index contributed by atoms with van der Waals surface area (Å²) in [6.45, 7) is 8.22. The lowest BCUT2D eigenvalue weighted by Gasteiger charge is -2.21. The van der Waals surface area contributed by atoms with Crippen molar-refractivity contribution in [1.82, 2.24) is 5.32 Å². The number of nitrogens with one attached hydrogen (secondary N) is 1. The van der Waals surface area contributed by atoms with Crippen LogP contribution < -0.4 is 5.32 Å². The maximum Gasteiger partial charge on any atom is 0.221 e. The van der Waals surface area contributed by atoms with Crippen LogP contribution in [-0.4, -0.2) is 25.7 Å². The van der Waals surface area contributed by atoms with E-state index in [0.717, 1.165) is 26.1 Å². The predicted molar refractivity (Wildman–Crippen MR) is 68.4 cm³/mol. The van der Waals surface area contributed by atoms with Crippen LogP contribution in [-0.2, 0) is 9.53 Å². The summed E-state index contributed by atoms with van der Waals surface area (Å²) in [5.41, 5.74) is 0.00539. The normalized spacial score (nSPS) is 17.1. The van der Waals surface area contributed by atoms with Gasteiger partial charge in [0, 0.05) is 25.0 Å². The van der Waals surface area contributed by atoms with Crippen molar-refractivity contribution in [2.75, 3.05) is 19.8 Å². The molecule has 0 spiro atoms. The number of amides is 1. The molecule has 3 heteroatoms. The average Bonchev–Trinajstić information content (AvgIpc) is 2.25. The van der Waals surface area contributed by atoms with Crippen LogP contribution in [0.5, 0.6) is 0 Å². The second kappa shape index (κ2) is 6.66. The molecular weight excluding hydrogens is 214 g/mol. The first-order valence-electron chi connectivity index (χ1n) is 6.32. The van der Waals surface area contributed by atoms with Gasteiger partial charge < -0.3 is 10.1 Å². The van der Waals surface area contributed by atoms with Gasteiger partial charge in [-0.1, -0.05) is 11.8 Å². The average molecular weight is 237 g/mol. The molecular formula is C14H23NO2. The van der Waals surface area contributed by atoms with Crippen LogP contribution in [0.4, 0.5) is 0 Å². The van der Waals surface area contributed by atoms with E-state index in [2.05, 4.69) is 37.9 Å². The number of hydrogen-bond acceptors (Lipinski definition) is 2. The highest BCUT2D eigenvalue weighted by Crippen LogP contribution is 2.17. The number of hydrogen-bond donors (Lipinski definition) is 1. The highest BCUT2D eigenvalue weighted by molar-refractivity contribution is 5.76. The number of ether oxygens (including phenoxy) is 1. The Kier molecular flexibility index (Phi) is 5.50. The highest BCUT2D eigenvalue weighted by Gasteiger charge is 2.16. The van der Waals surface area contributed by atoms with Crippen molar-refractivity contribution in [2.45, 2.75) is 40.0 Å². The molecule has 1 aliphatic heterocycles. The first-order chi connectivity index (χ1) is 7.97. The molecule has 0 aliphatic carbocycles. The van der Waals surface area contributed by atoms with Gasteiger partial charge in [-0.05, 0) is 39.5 Å². The SMILES string of the molecule is CC(C)(C)C#CCNC(=O)CC1CCOCC1. The van der Waals surface area contributed by atoms with Crippen LogP contribution in [0.15, 0.2) is 0 Å². The van der Waals surface area contributed by atoms with Crippen molar-refractivity contribution in [2.24, 2.45) is 11.3 Å². The standard InChI is InChI=1S/C14H23NO2/c1-14(2,3)7-4-8-15-13(16)11-12-5-9-17-10-6-12/h12H,5-6,8-11H2,1-3H3,(H,15,16). The van der Waals surface area contributed by atoms with Gasteiger partial charge in [-0.2, -0.15) is 0 Å². The molecule has 1 aliphatic rings. The van der Waals surface area contributed by atoms with Crippen LogP contribution in [0.2, 0.25) is 0 Å². The zero-order chi connectivity index (χ0) is 12.7. The molecule has 0 aromatic rings. The van der Waals surface area contributed by atoms with Crippen LogP contribution in [0.25, 0.3) is 0 Å². The van der Waals surface area contributed by atoms with Crippen molar-refractivity contribution in [3.05, 3.63) is 0 Å². The van der Waals surface area contributed by atoms with Gasteiger partial charge in [-0.25, -0.2) is 0 Å². The van der Waals surface area contributed by atoms with Crippen LogP contribution in [0.3, 0.4) is 0 Å². The number of rotatable bonds is 3. The first-order valence-corrected chi connectivity index (χ1v) is 6.32. The lowest BCUT2D eigenvalue weighted by atomic mass is 9.96. The maximum absolute atomic E-state index is 11.6. The van der Waals surface area contributed by atoms with Gasteiger partial charge in [0.2, 0.25) is 5.91 Å². The van der Waals surface area contributed by atoms with Crippen molar-refractivity contribution in [1.29, 1.82) is 0 Å². The third-order valence-corrected chi connectivity index (χ3v) is 2.65. The summed E-state index contributed by atoms with van der Waals surface area (Å²) in [5.74, 6) is 6.68. The van der Waals surface area contributed by atoms with E-state index in [1.807, 2.05) is 0 Å². The molecule has 1 rings (SSSR count). The minimum Gasteiger partial charge on any atom is -0.381 e. The van der Waals surface area contributed by atoms with E-state index >= 15 is 0 Å². The Bertz CT molecular complexity index is 300. The highest BCUT2D eigenvalue weighted by atomic mass is 16.5. The zero-order valence-corrected chi connectivity index (χ0v) is 11.1. The molecule has 0 atom stereocenters. The Labute approximate surface area is 104 Å². The van der Waals surface area contributed by atoms with Crippen LogP contribution in [0, 0.1) is 23.2 Å². The van der Waals surface area contributed by atoms with Gasteiger partial charge in [0.15, 0.2) is 0 Å². The topological polar surface area (TPSA) is 38.3 Å². The molecule has 1 amide bonds. The molecule has 0 aromatic carbocycles. The Hall–Kier alpha value is -1.01. The predicted octanol–water partition coefficient (Wildman–Crippen LogP) is 1.97. The number of carbonyl (C=O) groups excluding carboxylic acids is 1. The molecule has 0 aromatic heterocycles. The van der Waals surface area contributed by atoms with Crippen molar-refractivity contribution in [3.8, 4) is 11.8 Å². The van der Waals surface area contributed by atoms with E-state index in [4.69, 9.17) is 4.74 Å². The van der Waals surface area contributed by atoms with Crippen molar-refractivity contribution < 1.29 is 9.53 Å². The summed E-state index contributed by atoms with van der Waals surface area (Å²) in [6, 6.07) is 0. The van der Waals surface area contributed by atoms with E-state index in [9.17, 15) is 4.79 Å². The lowest BCUT2D eigenvalue weighted by molar-refractivity contribution is -0.122. The Morgan fingerprint density at radius 3 is 2.59 bits per heavy atom. The van der Waals surface area contributed by atoms with Gasteiger partial charge in [0.1, 0.15) is 0 Å². The summed E-state index contributed by atoms with van der Waals surface area (Å²) >= 11 is 0. The van der Waals surface area contributed by atoms with Gasteiger partial charge in [-0.15, -0.1) is 0 Å². The molecule has 0 bridgehead atoms. The second-order valence-electron chi connectivity index (χ2n) is 5.59. The lowest BCUT2D eigenvalue weighted by Crippen LogP contribution is -2.28. The minimum absolute atomic E-state index is 0.00539. The molecule has 1 saturated heterocycles. The molecule has 17 heavy (non-hydrogen) atoms. The quantitative estimate of drug-likeness (QED) is 0.762. The van der Waals surface area contributed by atoms with E-state index in [-0.39, 0.29) is 11.3 Å². The molecule has 96 valence electrons. The Morgan fingerprint density at radius 2 is 2.00 bits per heavy atom. The summed E-state index contributed by atoms with van der Waals surface area (Å²) in [4.78, 5) is 11.6. The van der Waals surface area contributed by atoms with E-state index in [1.165, 1.54) is 0 Å². The third-order valence-electron chi connectivity index (χ3n) is 2.65. The summed E-state index contributed by atoms with van der Waals surface area (Å²) < 4.78 is 5.26. The molecule has 0 saturated carbocycles. The summed E-state index contributed by atoms with van der Waals surface area (Å²) in [5, 5.41) is 2.85. The minimum atomic E-state index is 0.00539. The second-order valence-corrected chi connectivity index (χ2v) is 5.59. The molecule has 1 N–H and O–H groups in total. The fourth-order valence-corrected chi connectivity index (χ4v) is 1.74.